The van der Waals surface area contributed by atoms with Crippen molar-refractivity contribution >= 4 is 41.0 Å². The molecule has 2 aromatic carbocycles. The number of rotatable bonds is 6. The average molecular weight is 634 g/mol. The van der Waals surface area contributed by atoms with Crippen molar-refractivity contribution in [1.82, 2.24) is 10.2 Å². The fourth-order valence-corrected chi connectivity index (χ4v) is 6.99. The number of allylic oxidation sites excluding steroid dienone is 1. The largest absolute Gasteiger partial charge is 0.455 e. The number of nitrogens with one attached hydrogen (secondary N) is 1. The molecule has 4 aliphatic heterocycles. The molecule has 0 saturated carbocycles. The maximum Gasteiger partial charge on any atom is 0.313 e. The van der Waals surface area contributed by atoms with Crippen LogP contribution in [0.3, 0.4) is 0 Å². The lowest BCUT2D eigenvalue weighted by Crippen LogP contribution is -2.56. The summed E-state index contributed by atoms with van der Waals surface area (Å²) >= 11 is 6.16. The Labute approximate surface area is 266 Å². The number of fused-ring (bicyclic) bond motifs is 2. The van der Waals surface area contributed by atoms with Crippen molar-refractivity contribution in [2.45, 2.75) is 49.5 Å². The Morgan fingerprint density at radius 3 is 2.51 bits per heavy atom. The molecule has 236 valence electrons. The molecule has 1 spiro atoms. The second-order valence-corrected chi connectivity index (χ2v) is 12.2. The number of cyclic esters (lactones) is 1. The maximum absolute atomic E-state index is 14.7. The lowest BCUT2D eigenvalue weighted by Gasteiger charge is -2.36. The van der Waals surface area contributed by atoms with Gasteiger partial charge in [-0.15, -0.1) is 0 Å². The predicted octanol–water partition coefficient (Wildman–Crippen LogP) is 3.35. The second kappa shape index (κ2) is 13.2. The van der Waals surface area contributed by atoms with E-state index in [9.17, 15) is 24.3 Å². The Morgan fingerprint density at radius 2 is 1.76 bits per heavy atom. The van der Waals surface area contributed by atoms with Gasteiger partial charge in [0.25, 0.3) is 5.91 Å². The number of likely N-dealkylation sites (tertiary alicyclic amines) is 1. The van der Waals surface area contributed by atoms with Gasteiger partial charge in [0.1, 0.15) is 23.7 Å². The van der Waals surface area contributed by atoms with Crippen molar-refractivity contribution < 1.29 is 33.8 Å². The van der Waals surface area contributed by atoms with Crippen LogP contribution in [0, 0.1) is 11.8 Å². The molecule has 0 aromatic heterocycles. The van der Waals surface area contributed by atoms with E-state index >= 15 is 0 Å². The number of hydrogen-bond acceptors (Lipinski definition) is 7. The van der Waals surface area contributed by atoms with E-state index in [0.29, 0.717) is 35.5 Å². The molecule has 4 aliphatic rings. The molecular formula is C34H36ClN3O7. The molecule has 5 bridgehead atoms. The van der Waals surface area contributed by atoms with E-state index < -0.39 is 41.7 Å². The number of ether oxygens (including phenoxy) is 2. The van der Waals surface area contributed by atoms with Crippen molar-refractivity contribution in [1.29, 1.82) is 0 Å². The van der Waals surface area contributed by atoms with Gasteiger partial charge in [0, 0.05) is 36.8 Å². The molecule has 0 aliphatic carbocycles. The summed E-state index contributed by atoms with van der Waals surface area (Å²) in [7, 11) is 0. The summed E-state index contributed by atoms with van der Waals surface area (Å²) in [5, 5.41) is 12.9. The SMILES string of the molecule is O=C1CC/C=C\CN(c2ccc(Cl)cc2)C(=O)[C@@H]2N(CCCCO)C(=O)[C@H]3[C@H](C(=O)O[C@H](c4ccccc4)CN1)[C@@H]1C=C[C@]23O1. The molecule has 45 heavy (non-hydrogen) atoms. The number of unbranched alkanes of at least 4 members (excludes halogenated alkanes) is 1. The van der Waals surface area contributed by atoms with Crippen LogP contribution in [0.25, 0.3) is 0 Å². The van der Waals surface area contributed by atoms with Gasteiger partial charge in [0.05, 0.1) is 18.6 Å². The van der Waals surface area contributed by atoms with Gasteiger partial charge in [-0.2, -0.15) is 0 Å². The monoisotopic (exact) mass is 633 g/mol. The Hall–Kier alpha value is -3.99. The molecule has 6 rings (SSSR count). The highest BCUT2D eigenvalue weighted by Gasteiger charge is 2.73. The summed E-state index contributed by atoms with van der Waals surface area (Å²) < 4.78 is 12.5. The summed E-state index contributed by atoms with van der Waals surface area (Å²) in [6.07, 6.45) is 7.18. The molecule has 2 N–H and O–H groups in total. The normalized spacial score (nSPS) is 30.8. The Bertz CT molecular complexity index is 1500. The first-order valence-electron chi connectivity index (χ1n) is 15.4. The summed E-state index contributed by atoms with van der Waals surface area (Å²) in [6, 6.07) is 14.9. The van der Waals surface area contributed by atoms with E-state index in [-0.39, 0.29) is 50.4 Å². The van der Waals surface area contributed by atoms with E-state index in [1.165, 1.54) is 4.90 Å². The molecule has 10 nitrogen and oxygen atoms in total. The minimum Gasteiger partial charge on any atom is -0.455 e. The smallest absolute Gasteiger partial charge is 0.313 e. The summed E-state index contributed by atoms with van der Waals surface area (Å²) in [5.74, 6) is -3.53. The van der Waals surface area contributed by atoms with Gasteiger partial charge < -0.3 is 29.7 Å². The van der Waals surface area contributed by atoms with Crippen molar-refractivity contribution in [3.05, 3.63) is 89.5 Å². The van der Waals surface area contributed by atoms with E-state index in [1.807, 2.05) is 42.5 Å². The van der Waals surface area contributed by atoms with Crippen LogP contribution in [0.2, 0.25) is 5.02 Å². The van der Waals surface area contributed by atoms with Crippen molar-refractivity contribution in [3.8, 4) is 0 Å². The summed E-state index contributed by atoms with van der Waals surface area (Å²) in [5.41, 5.74) is -0.0978. The zero-order valence-corrected chi connectivity index (χ0v) is 25.5. The van der Waals surface area contributed by atoms with Crippen LogP contribution < -0.4 is 10.2 Å². The molecule has 0 unspecified atom stereocenters. The number of esters is 1. The minimum atomic E-state index is -1.37. The highest BCUT2D eigenvalue weighted by atomic mass is 35.5. The number of halogens is 1. The molecule has 0 radical (unpaired) electrons. The van der Waals surface area contributed by atoms with Crippen LogP contribution in [-0.4, -0.2) is 77.7 Å². The third-order valence-electron chi connectivity index (χ3n) is 9.00. The van der Waals surface area contributed by atoms with Crippen molar-refractivity contribution in [2.75, 3.05) is 31.1 Å². The molecule has 6 atom stereocenters. The first-order valence-corrected chi connectivity index (χ1v) is 15.7. The van der Waals surface area contributed by atoms with E-state index in [1.54, 1.807) is 41.3 Å². The zero-order chi connectivity index (χ0) is 31.6. The van der Waals surface area contributed by atoms with Crippen LogP contribution in [0.4, 0.5) is 5.69 Å². The van der Waals surface area contributed by atoms with Gasteiger partial charge in [-0.1, -0.05) is 66.2 Å². The number of hydrogen-bond donors (Lipinski definition) is 2. The van der Waals surface area contributed by atoms with Crippen LogP contribution in [0.15, 0.2) is 78.9 Å². The average Bonchev–Trinajstić information content (AvgIpc) is 3.69. The predicted molar refractivity (Wildman–Crippen MR) is 166 cm³/mol. The van der Waals surface area contributed by atoms with E-state index in [2.05, 4.69) is 5.32 Å². The Balaban J connectivity index is 1.41. The maximum atomic E-state index is 14.7. The molecular weight excluding hydrogens is 598 g/mol. The highest BCUT2D eigenvalue weighted by Crippen LogP contribution is 2.56. The minimum absolute atomic E-state index is 0.0538. The number of carbonyl (C=O) groups is 4. The van der Waals surface area contributed by atoms with Gasteiger partial charge in [0.2, 0.25) is 11.8 Å². The molecule has 4 heterocycles. The molecule has 2 fully saturated rings. The third kappa shape index (κ3) is 5.90. The van der Waals surface area contributed by atoms with Crippen LogP contribution in [0.1, 0.15) is 37.4 Å². The van der Waals surface area contributed by atoms with Gasteiger partial charge in [0.15, 0.2) is 0 Å². The number of anilines is 1. The number of aliphatic hydroxyl groups is 1. The van der Waals surface area contributed by atoms with Crippen LogP contribution in [-0.2, 0) is 28.7 Å². The first kappa shape index (κ1) is 31.0. The quantitative estimate of drug-likeness (QED) is 0.284. The third-order valence-corrected chi connectivity index (χ3v) is 9.25. The number of nitrogens with zero attached hydrogens (tertiary/aromatic N) is 2. The van der Waals surface area contributed by atoms with Crippen molar-refractivity contribution in [3.63, 3.8) is 0 Å². The Morgan fingerprint density at radius 1 is 0.978 bits per heavy atom. The lowest BCUT2D eigenvalue weighted by molar-refractivity contribution is -0.159. The lowest BCUT2D eigenvalue weighted by atomic mass is 9.74. The summed E-state index contributed by atoms with van der Waals surface area (Å²) in [6.45, 7) is 0.393. The molecule has 2 saturated heterocycles. The first-order chi connectivity index (χ1) is 21.8. The topological polar surface area (TPSA) is 125 Å². The van der Waals surface area contributed by atoms with Gasteiger partial charge in [-0.3, -0.25) is 19.2 Å². The Kier molecular flexibility index (Phi) is 9.07. The number of carbonyl (C=O) groups excluding carboxylic acids is 4. The van der Waals surface area contributed by atoms with Gasteiger partial charge >= 0.3 is 5.97 Å². The fraction of sp³-hybridized carbons (Fsp3) is 0.412. The van der Waals surface area contributed by atoms with Crippen LogP contribution >= 0.6 is 11.6 Å². The second-order valence-electron chi connectivity index (χ2n) is 11.7. The molecule has 3 amide bonds. The molecule has 2 aromatic rings. The summed E-state index contributed by atoms with van der Waals surface area (Å²) in [4.78, 5) is 58.8. The zero-order valence-electron chi connectivity index (χ0n) is 24.7. The van der Waals surface area contributed by atoms with Gasteiger partial charge in [-0.05, 0) is 49.1 Å². The van der Waals surface area contributed by atoms with E-state index in [0.717, 1.165) is 0 Å². The number of benzene rings is 2. The number of aliphatic hydroxyl groups excluding tert-OH is 1. The number of amides is 3. The van der Waals surface area contributed by atoms with E-state index in [4.69, 9.17) is 21.1 Å². The highest BCUT2D eigenvalue weighted by molar-refractivity contribution is 6.30. The standard InChI is InChI=1S/C34H36ClN3O7/c35-23-12-14-24(15-13-23)37-18-6-2-5-11-27(40)36-21-26(22-9-3-1-4-10-22)44-33(43)28-25-16-17-34(45-25)29(28)31(41)38(19-7-8-20-39)30(34)32(37)42/h1-4,6,9-10,12-17,25-26,28-30,39H,5,7-8,11,18-21H2,(H,36,40)/b6-2-/t25-,26-,28+,29+,30-,34+/m0/s1. The molecule has 11 heteroatoms. The van der Waals surface area contributed by atoms with Gasteiger partial charge in [-0.25, -0.2) is 0 Å². The van der Waals surface area contributed by atoms with Crippen molar-refractivity contribution in [2.24, 2.45) is 11.8 Å². The fourth-order valence-electron chi connectivity index (χ4n) is 6.86. The van der Waals surface area contributed by atoms with Crippen LogP contribution in [0.5, 0.6) is 0 Å².